The Balaban J connectivity index is 1.20. The van der Waals surface area contributed by atoms with E-state index in [2.05, 4.69) is 194 Å². The summed E-state index contributed by atoms with van der Waals surface area (Å²) in [5, 5.41) is 5.19. The highest BCUT2D eigenvalue weighted by atomic mass is 15.0. The molecule has 0 fully saturated rings. The van der Waals surface area contributed by atoms with Crippen LogP contribution >= 0.6 is 0 Å². The summed E-state index contributed by atoms with van der Waals surface area (Å²) in [4.78, 5) is 0. The standard InChI is InChI=1S/C49H35N/c1-49(2)44-20-12-11-19-41(44)42-26-27-43-46-40-18-10-9-17-35(40)23-28-45(46)50(48(43)47(42)49)39-24-21-34(22-25-39)38-30-36(32-13-5-3-6-14-32)29-37(31-38)33-15-7-4-8-16-33/h3-31H,1-2H3. The van der Waals surface area contributed by atoms with E-state index in [1.54, 1.807) is 0 Å². The van der Waals surface area contributed by atoms with Crippen molar-refractivity contribution in [2.45, 2.75) is 19.3 Å². The Morgan fingerprint density at radius 3 is 1.68 bits per heavy atom. The third kappa shape index (κ3) is 4.27. The van der Waals surface area contributed by atoms with Gasteiger partial charge in [-0.15, -0.1) is 0 Å². The van der Waals surface area contributed by atoms with Gasteiger partial charge in [-0.3, -0.25) is 0 Å². The molecule has 0 bridgehead atoms. The lowest BCUT2D eigenvalue weighted by molar-refractivity contribution is 0.664. The van der Waals surface area contributed by atoms with E-state index in [1.165, 1.54) is 93.9 Å². The molecule has 0 saturated heterocycles. The quantitative estimate of drug-likeness (QED) is 0.181. The Bertz CT molecular complexity index is 2690. The van der Waals surface area contributed by atoms with Crippen LogP contribution in [0.3, 0.4) is 0 Å². The molecule has 10 rings (SSSR count). The van der Waals surface area contributed by atoms with Crippen LogP contribution in [0.5, 0.6) is 0 Å². The minimum Gasteiger partial charge on any atom is -0.309 e. The molecule has 1 aliphatic rings. The van der Waals surface area contributed by atoms with Gasteiger partial charge >= 0.3 is 0 Å². The van der Waals surface area contributed by atoms with E-state index in [1.807, 2.05) is 0 Å². The van der Waals surface area contributed by atoms with Gasteiger partial charge in [0.2, 0.25) is 0 Å². The SMILES string of the molecule is CC1(C)c2ccccc2-c2ccc3c4c5ccccc5ccc4n(-c4ccc(-c5cc(-c6ccccc6)cc(-c6ccccc6)c5)cc4)c3c21. The molecule has 0 aliphatic heterocycles. The summed E-state index contributed by atoms with van der Waals surface area (Å²) < 4.78 is 2.53. The summed E-state index contributed by atoms with van der Waals surface area (Å²) >= 11 is 0. The molecule has 0 unspecified atom stereocenters. The van der Waals surface area contributed by atoms with Gasteiger partial charge < -0.3 is 4.57 Å². The van der Waals surface area contributed by atoms with E-state index in [0.717, 1.165) is 0 Å². The lowest BCUT2D eigenvalue weighted by Gasteiger charge is -2.23. The summed E-state index contributed by atoms with van der Waals surface area (Å²) in [5.41, 5.74) is 16.4. The lowest BCUT2D eigenvalue weighted by Crippen LogP contribution is -2.16. The minimum atomic E-state index is -0.140. The maximum Gasteiger partial charge on any atom is 0.0588 e. The second kappa shape index (κ2) is 10.9. The van der Waals surface area contributed by atoms with Gasteiger partial charge in [0.05, 0.1) is 11.0 Å². The number of hydrogen-bond donors (Lipinski definition) is 0. The summed E-state index contributed by atoms with van der Waals surface area (Å²) in [7, 11) is 0. The first-order chi connectivity index (χ1) is 24.6. The van der Waals surface area contributed by atoms with Crippen LogP contribution in [0.15, 0.2) is 176 Å². The fourth-order valence-electron chi connectivity index (χ4n) is 8.59. The Labute approximate surface area is 292 Å². The number of fused-ring (bicyclic) bond motifs is 9. The molecule has 0 radical (unpaired) electrons. The molecular formula is C49H35N. The van der Waals surface area contributed by atoms with Crippen molar-refractivity contribution in [3.8, 4) is 50.2 Å². The Morgan fingerprint density at radius 1 is 0.420 bits per heavy atom. The lowest BCUT2D eigenvalue weighted by atomic mass is 9.81. The van der Waals surface area contributed by atoms with E-state index in [9.17, 15) is 0 Å². The van der Waals surface area contributed by atoms with E-state index in [4.69, 9.17) is 0 Å². The van der Waals surface area contributed by atoms with E-state index in [-0.39, 0.29) is 5.41 Å². The normalized spacial score (nSPS) is 13.2. The third-order valence-electron chi connectivity index (χ3n) is 10.9. The zero-order valence-electron chi connectivity index (χ0n) is 28.2. The first-order valence-corrected chi connectivity index (χ1v) is 17.5. The van der Waals surface area contributed by atoms with E-state index >= 15 is 0 Å². The van der Waals surface area contributed by atoms with Gasteiger partial charge in [0, 0.05) is 21.9 Å². The Hall–Kier alpha value is -6.18. The number of benzene rings is 8. The van der Waals surface area contributed by atoms with Crippen molar-refractivity contribution in [2.24, 2.45) is 0 Å². The molecule has 8 aromatic carbocycles. The van der Waals surface area contributed by atoms with Gasteiger partial charge in [-0.25, -0.2) is 0 Å². The largest absolute Gasteiger partial charge is 0.309 e. The van der Waals surface area contributed by atoms with Crippen LogP contribution in [-0.2, 0) is 5.41 Å². The molecular weight excluding hydrogens is 603 g/mol. The van der Waals surface area contributed by atoms with Crippen LogP contribution in [0.1, 0.15) is 25.0 Å². The maximum absolute atomic E-state index is 2.53. The Morgan fingerprint density at radius 2 is 1.00 bits per heavy atom. The summed E-state index contributed by atoms with van der Waals surface area (Å²) in [6, 6.07) is 64.7. The minimum absolute atomic E-state index is 0.140. The van der Waals surface area contributed by atoms with Crippen molar-refractivity contribution < 1.29 is 0 Å². The molecule has 1 heterocycles. The van der Waals surface area contributed by atoms with E-state index in [0.29, 0.717) is 0 Å². The van der Waals surface area contributed by atoms with Crippen molar-refractivity contribution in [1.82, 2.24) is 4.57 Å². The van der Waals surface area contributed by atoms with Crippen molar-refractivity contribution >= 4 is 32.6 Å². The molecule has 0 atom stereocenters. The van der Waals surface area contributed by atoms with E-state index < -0.39 is 0 Å². The van der Waals surface area contributed by atoms with Crippen LogP contribution in [0.2, 0.25) is 0 Å². The van der Waals surface area contributed by atoms with Crippen LogP contribution in [0.4, 0.5) is 0 Å². The number of hydrogen-bond acceptors (Lipinski definition) is 0. The predicted octanol–water partition coefficient (Wildman–Crippen LogP) is 13.2. The molecule has 9 aromatic rings. The number of aromatic nitrogens is 1. The van der Waals surface area contributed by atoms with Gasteiger partial charge in [0.1, 0.15) is 0 Å². The topological polar surface area (TPSA) is 4.93 Å². The molecule has 0 amide bonds. The highest BCUT2D eigenvalue weighted by Gasteiger charge is 2.38. The summed E-state index contributed by atoms with van der Waals surface area (Å²) in [6.45, 7) is 4.79. The third-order valence-corrected chi connectivity index (χ3v) is 10.9. The van der Waals surface area contributed by atoms with Crippen molar-refractivity contribution in [3.05, 3.63) is 187 Å². The molecule has 236 valence electrons. The summed E-state index contributed by atoms with van der Waals surface area (Å²) in [6.07, 6.45) is 0. The fraction of sp³-hybridized carbons (Fsp3) is 0.0612. The smallest absolute Gasteiger partial charge is 0.0588 e. The number of rotatable bonds is 4. The van der Waals surface area contributed by atoms with Crippen LogP contribution < -0.4 is 0 Å². The molecule has 1 aliphatic carbocycles. The van der Waals surface area contributed by atoms with Gasteiger partial charge in [-0.05, 0) is 103 Å². The monoisotopic (exact) mass is 637 g/mol. The Kier molecular flexibility index (Phi) is 6.29. The van der Waals surface area contributed by atoms with Gasteiger partial charge in [0.25, 0.3) is 0 Å². The molecule has 50 heavy (non-hydrogen) atoms. The molecule has 0 spiro atoms. The average Bonchev–Trinajstić information content (AvgIpc) is 3.64. The predicted molar refractivity (Wildman–Crippen MR) is 212 cm³/mol. The number of nitrogens with zero attached hydrogens (tertiary/aromatic N) is 1. The molecule has 1 aromatic heterocycles. The molecule has 0 N–H and O–H groups in total. The average molecular weight is 638 g/mol. The fourth-order valence-corrected chi connectivity index (χ4v) is 8.59. The van der Waals surface area contributed by atoms with Crippen molar-refractivity contribution in [1.29, 1.82) is 0 Å². The molecule has 1 nitrogen and oxygen atoms in total. The van der Waals surface area contributed by atoms with Gasteiger partial charge in [-0.1, -0.05) is 153 Å². The molecule has 0 saturated carbocycles. The summed E-state index contributed by atoms with van der Waals surface area (Å²) in [5.74, 6) is 0. The highest BCUT2D eigenvalue weighted by Crippen LogP contribution is 2.53. The van der Waals surface area contributed by atoms with Crippen LogP contribution in [-0.4, -0.2) is 4.57 Å². The first kappa shape index (κ1) is 28.8. The van der Waals surface area contributed by atoms with Crippen LogP contribution in [0, 0.1) is 0 Å². The second-order valence-corrected chi connectivity index (χ2v) is 14.1. The molecule has 1 heteroatoms. The first-order valence-electron chi connectivity index (χ1n) is 17.5. The van der Waals surface area contributed by atoms with Crippen LogP contribution in [0.25, 0.3) is 82.8 Å². The van der Waals surface area contributed by atoms with Gasteiger partial charge in [0.15, 0.2) is 0 Å². The van der Waals surface area contributed by atoms with Crippen molar-refractivity contribution in [2.75, 3.05) is 0 Å². The van der Waals surface area contributed by atoms with Gasteiger partial charge in [-0.2, -0.15) is 0 Å². The maximum atomic E-state index is 2.53. The van der Waals surface area contributed by atoms with Crippen molar-refractivity contribution in [3.63, 3.8) is 0 Å². The zero-order valence-corrected chi connectivity index (χ0v) is 28.2. The second-order valence-electron chi connectivity index (χ2n) is 14.1. The highest BCUT2D eigenvalue weighted by molar-refractivity contribution is 6.23. The zero-order chi connectivity index (χ0) is 33.4.